The molecule has 0 aromatic heterocycles. The van der Waals surface area contributed by atoms with Gasteiger partial charge in [0.1, 0.15) is 0 Å². The predicted molar refractivity (Wildman–Crippen MR) is 147 cm³/mol. The molecule has 0 unspecified atom stereocenters. The lowest BCUT2D eigenvalue weighted by atomic mass is 10.0. The molecule has 0 radical (unpaired) electrons. The van der Waals surface area contributed by atoms with Gasteiger partial charge >= 0.3 is 0 Å². The minimum atomic E-state index is 0.884. The van der Waals surface area contributed by atoms with E-state index in [0.29, 0.717) is 0 Å². The maximum absolute atomic E-state index is 4.07. The van der Waals surface area contributed by atoms with Crippen LogP contribution >= 0.6 is 0 Å². The van der Waals surface area contributed by atoms with Crippen molar-refractivity contribution >= 4 is 0 Å². The summed E-state index contributed by atoms with van der Waals surface area (Å²) in [4.78, 5) is 2.11. The molecule has 0 heterocycles. The number of hydrogen-bond acceptors (Lipinski definition) is 1. The van der Waals surface area contributed by atoms with Crippen LogP contribution in [-0.2, 0) is 0 Å². The van der Waals surface area contributed by atoms with Crippen LogP contribution in [0.5, 0.6) is 0 Å². The summed E-state index contributed by atoms with van der Waals surface area (Å²) in [6.45, 7) is 25.6. The second kappa shape index (κ2) is 18.0. The molecule has 32 heavy (non-hydrogen) atoms. The zero-order valence-electron chi connectivity index (χ0n) is 19.9. The summed E-state index contributed by atoms with van der Waals surface area (Å²) in [7, 11) is 0. The van der Waals surface area contributed by atoms with Crippen LogP contribution in [0.1, 0.15) is 20.8 Å². The number of nitrogens with zero attached hydrogens (tertiary/aromatic N) is 1. The Morgan fingerprint density at radius 2 is 1.09 bits per heavy atom. The lowest BCUT2D eigenvalue weighted by molar-refractivity contribution is 0.578. The second-order valence-corrected chi connectivity index (χ2v) is 6.35. The Morgan fingerprint density at radius 1 is 0.500 bits per heavy atom. The van der Waals surface area contributed by atoms with Gasteiger partial charge in [0.15, 0.2) is 0 Å². The quantitative estimate of drug-likeness (QED) is 0.252. The van der Waals surface area contributed by atoms with Crippen molar-refractivity contribution in [2.24, 2.45) is 0 Å². The minimum absolute atomic E-state index is 0.884. The van der Waals surface area contributed by atoms with E-state index < -0.39 is 0 Å². The molecule has 0 fully saturated rings. The Kier molecular flexibility index (Phi) is 15.8. The van der Waals surface area contributed by atoms with Crippen LogP contribution in [0.2, 0.25) is 0 Å². The molecule has 0 aliphatic carbocycles. The normalized spacial score (nSPS) is 14.5. The second-order valence-electron chi connectivity index (χ2n) is 6.35. The molecule has 0 rings (SSSR count). The lowest BCUT2D eigenvalue weighted by Gasteiger charge is -2.28. The van der Waals surface area contributed by atoms with Crippen LogP contribution in [-0.4, -0.2) is 4.90 Å². The number of rotatable bonds is 14. The number of allylic oxidation sites excluding steroid dienone is 20. The van der Waals surface area contributed by atoms with E-state index in [1.54, 1.807) is 12.2 Å². The third kappa shape index (κ3) is 9.77. The summed E-state index contributed by atoms with van der Waals surface area (Å²) >= 11 is 0. The van der Waals surface area contributed by atoms with Gasteiger partial charge in [0.05, 0.1) is 0 Å². The third-order valence-corrected chi connectivity index (χ3v) is 4.15. The fourth-order valence-electron chi connectivity index (χ4n) is 2.68. The smallest absolute Gasteiger partial charge is 0.0461 e. The van der Waals surface area contributed by atoms with E-state index in [2.05, 4.69) is 49.9 Å². The summed E-state index contributed by atoms with van der Waals surface area (Å²) in [5.74, 6) is 0. The van der Waals surface area contributed by atoms with Crippen LogP contribution in [0.25, 0.3) is 0 Å². The molecule has 1 nitrogen and oxygen atoms in total. The summed E-state index contributed by atoms with van der Waals surface area (Å²) in [6, 6.07) is 0. The van der Waals surface area contributed by atoms with Gasteiger partial charge in [-0.05, 0) is 68.4 Å². The Morgan fingerprint density at radius 3 is 1.59 bits per heavy atom. The van der Waals surface area contributed by atoms with E-state index in [-0.39, 0.29) is 0 Å². The molecule has 0 spiro atoms. The van der Waals surface area contributed by atoms with Gasteiger partial charge in [-0.2, -0.15) is 0 Å². The summed E-state index contributed by atoms with van der Waals surface area (Å²) in [6.07, 6.45) is 34.9. The summed E-state index contributed by atoms with van der Waals surface area (Å²) in [5.41, 5.74) is 4.71. The van der Waals surface area contributed by atoms with Gasteiger partial charge in [0, 0.05) is 17.1 Å². The van der Waals surface area contributed by atoms with Gasteiger partial charge < -0.3 is 4.90 Å². The SMILES string of the molecule is C=C/C=C\C(=C/C=C)N(/C(C=C)=C/C=C(C=C)/C(C=C)=C/C=C\C)C(/C=C\C)=C/C=C\C. The Labute approximate surface area is 196 Å². The molecular formula is C31H37N. The topological polar surface area (TPSA) is 3.24 Å². The van der Waals surface area contributed by atoms with Gasteiger partial charge in [-0.1, -0.05) is 106 Å². The van der Waals surface area contributed by atoms with Crippen LogP contribution in [0.15, 0.2) is 171 Å². The molecule has 1 heteroatoms. The van der Waals surface area contributed by atoms with E-state index in [1.165, 1.54) is 0 Å². The molecule has 0 saturated heterocycles. The van der Waals surface area contributed by atoms with Gasteiger partial charge in [-0.15, -0.1) is 0 Å². The Bertz CT molecular complexity index is 929. The fourth-order valence-corrected chi connectivity index (χ4v) is 2.68. The van der Waals surface area contributed by atoms with E-state index in [9.17, 15) is 0 Å². The van der Waals surface area contributed by atoms with Crippen molar-refractivity contribution in [3.63, 3.8) is 0 Å². The van der Waals surface area contributed by atoms with Crippen molar-refractivity contribution in [1.82, 2.24) is 4.90 Å². The number of hydrogen-bond donors (Lipinski definition) is 0. The molecule has 0 bridgehead atoms. The lowest BCUT2D eigenvalue weighted by Crippen LogP contribution is -2.19. The highest BCUT2D eigenvalue weighted by Gasteiger charge is 2.13. The average Bonchev–Trinajstić information content (AvgIpc) is 2.81. The van der Waals surface area contributed by atoms with E-state index in [1.807, 2.05) is 106 Å². The molecular weight excluding hydrogens is 386 g/mol. The van der Waals surface area contributed by atoms with Crippen molar-refractivity contribution in [3.8, 4) is 0 Å². The van der Waals surface area contributed by atoms with Crippen LogP contribution in [0.4, 0.5) is 0 Å². The first-order valence-corrected chi connectivity index (χ1v) is 10.6. The van der Waals surface area contributed by atoms with Gasteiger partial charge in [-0.3, -0.25) is 0 Å². The highest BCUT2D eigenvalue weighted by atomic mass is 15.2. The van der Waals surface area contributed by atoms with Gasteiger partial charge in [0.2, 0.25) is 0 Å². The first-order chi connectivity index (χ1) is 15.6. The first kappa shape index (κ1) is 28.2. The van der Waals surface area contributed by atoms with Crippen molar-refractivity contribution in [2.75, 3.05) is 0 Å². The average molecular weight is 424 g/mol. The van der Waals surface area contributed by atoms with Crippen molar-refractivity contribution in [2.45, 2.75) is 20.8 Å². The molecule has 0 aliphatic rings. The predicted octanol–water partition coefficient (Wildman–Crippen LogP) is 9.01. The maximum atomic E-state index is 4.07. The molecule has 0 atom stereocenters. The largest absolute Gasteiger partial charge is 0.311 e. The van der Waals surface area contributed by atoms with Crippen molar-refractivity contribution in [3.05, 3.63) is 171 Å². The standard InChI is InChI=1S/C31H37N/c1-9-17-22-27(14-6)28(15-7)25-26-29(16-8)32(30(20-12-4)23-18-10-2)31(21-13-5)24-19-11-3/h9-26H,2,4,6-8H2,1,3,5H3/b17-9-,19-11-,21-13-,23-18-,27-22+,28-25+,29-26+,30-20+,31-24+. The zero-order chi connectivity index (χ0) is 24.2. The highest BCUT2D eigenvalue weighted by molar-refractivity contribution is 5.50. The van der Waals surface area contributed by atoms with Crippen LogP contribution in [0.3, 0.4) is 0 Å². The summed E-state index contributed by atoms with van der Waals surface area (Å²) in [5, 5.41) is 0. The fraction of sp³-hybridized carbons (Fsp3) is 0.0968. The van der Waals surface area contributed by atoms with E-state index >= 15 is 0 Å². The third-order valence-electron chi connectivity index (χ3n) is 4.15. The Balaban J connectivity index is 6.99. The van der Waals surface area contributed by atoms with E-state index in [0.717, 1.165) is 28.2 Å². The minimum Gasteiger partial charge on any atom is -0.311 e. The highest BCUT2D eigenvalue weighted by Crippen LogP contribution is 2.25. The Hall–Kier alpha value is -3.84. The van der Waals surface area contributed by atoms with Crippen molar-refractivity contribution in [1.29, 1.82) is 0 Å². The zero-order valence-corrected chi connectivity index (χ0v) is 19.9. The molecule has 0 saturated carbocycles. The molecule has 166 valence electrons. The van der Waals surface area contributed by atoms with Crippen LogP contribution < -0.4 is 0 Å². The maximum Gasteiger partial charge on any atom is 0.0461 e. The molecule has 0 aromatic rings. The first-order valence-electron chi connectivity index (χ1n) is 10.6. The van der Waals surface area contributed by atoms with Gasteiger partial charge in [-0.25, -0.2) is 0 Å². The monoisotopic (exact) mass is 423 g/mol. The van der Waals surface area contributed by atoms with Crippen molar-refractivity contribution < 1.29 is 0 Å². The molecule has 0 aliphatic heterocycles. The summed E-state index contributed by atoms with van der Waals surface area (Å²) < 4.78 is 0. The molecule has 0 N–H and O–H groups in total. The molecule has 0 aromatic carbocycles. The van der Waals surface area contributed by atoms with Gasteiger partial charge in [0.25, 0.3) is 0 Å². The molecule has 0 amide bonds. The van der Waals surface area contributed by atoms with Crippen LogP contribution in [0, 0.1) is 0 Å². The van der Waals surface area contributed by atoms with E-state index in [4.69, 9.17) is 0 Å².